The van der Waals surface area contributed by atoms with Crippen LogP contribution in [-0.4, -0.2) is 46.2 Å². The van der Waals surface area contributed by atoms with Crippen LogP contribution in [-0.2, 0) is 14.6 Å². The average Bonchev–Trinajstić information content (AvgIpc) is 2.12. The predicted molar refractivity (Wildman–Crippen MR) is 58.3 cm³/mol. The summed E-state index contributed by atoms with van der Waals surface area (Å²) >= 11 is 0. The molecule has 14 heavy (non-hydrogen) atoms. The molecule has 0 radical (unpaired) electrons. The quantitative estimate of drug-likeness (QED) is 0.607. The van der Waals surface area contributed by atoms with Crippen molar-refractivity contribution in [1.82, 2.24) is 5.32 Å². The number of hydrogen-bond donors (Lipinski definition) is 1. The molecule has 0 spiro atoms. The Balaban J connectivity index is 3.78. The number of hydrogen-bond acceptors (Lipinski definition) is 4. The second kappa shape index (κ2) is 7.20. The van der Waals surface area contributed by atoms with Gasteiger partial charge in [-0.3, -0.25) is 0 Å². The number of ether oxygens (including phenoxy) is 1. The van der Waals surface area contributed by atoms with Gasteiger partial charge in [-0.2, -0.15) is 0 Å². The SMILES string of the molecule is CCCS(=O)(=O)C(C)CNCCOC. The minimum absolute atomic E-state index is 0.278. The Morgan fingerprint density at radius 1 is 1.43 bits per heavy atom. The van der Waals surface area contributed by atoms with Crippen LogP contribution < -0.4 is 5.32 Å². The molecule has 5 heteroatoms. The van der Waals surface area contributed by atoms with Crippen molar-refractivity contribution in [3.63, 3.8) is 0 Å². The first kappa shape index (κ1) is 13.9. The Labute approximate surface area is 86.9 Å². The minimum Gasteiger partial charge on any atom is -0.383 e. The summed E-state index contributed by atoms with van der Waals surface area (Å²) < 4.78 is 27.9. The molecule has 0 aliphatic heterocycles. The van der Waals surface area contributed by atoms with Gasteiger partial charge in [-0.15, -0.1) is 0 Å². The van der Waals surface area contributed by atoms with Crippen molar-refractivity contribution in [2.75, 3.05) is 32.6 Å². The lowest BCUT2D eigenvalue weighted by atomic mass is 10.4. The van der Waals surface area contributed by atoms with E-state index < -0.39 is 9.84 Å². The molecule has 0 aliphatic carbocycles. The fourth-order valence-corrected chi connectivity index (χ4v) is 2.44. The van der Waals surface area contributed by atoms with Gasteiger partial charge in [0, 0.05) is 20.2 Å². The highest BCUT2D eigenvalue weighted by atomic mass is 32.2. The van der Waals surface area contributed by atoms with E-state index in [0.29, 0.717) is 26.1 Å². The standard InChI is InChI=1S/C9H21NO3S/c1-4-7-14(11,12)9(2)8-10-5-6-13-3/h9-10H,4-8H2,1-3H3. The zero-order chi connectivity index (χ0) is 11.0. The summed E-state index contributed by atoms with van der Waals surface area (Å²) in [7, 11) is -1.28. The normalized spacial score (nSPS) is 14.2. The van der Waals surface area contributed by atoms with E-state index in [0.717, 1.165) is 0 Å². The van der Waals surface area contributed by atoms with Gasteiger partial charge in [0.2, 0.25) is 0 Å². The Kier molecular flexibility index (Phi) is 7.13. The summed E-state index contributed by atoms with van der Waals surface area (Å²) in [6.07, 6.45) is 0.685. The largest absolute Gasteiger partial charge is 0.383 e. The van der Waals surface area contributed by atoms with Crippen LogP contribution in [0, 0.1) is 0 Å². The van der Waals surface area contributed by atoms with Crippen LogP contribution in [0.5, 0.6) is 0 Å². The van der Waals surface area contributed by atoms with E-state index in [9.17, 15) is 8.42 Å². The maximum atomic E-state index is 11.5. The molecule has 0 fully saturated rings. The lowest BCUT2D eigenvalue weighted by Gasteiger charge is -2.12. The predicted octanol–water partition coefficient (Wildman–Crippen LogP) is 0.436. The molecule has 1 unspecified atom stereocenters. The molecule has 86 valence electrons. The van der Waals surface area contributed by atoms with Gasteiger partial charge < -0.3 is 10.1 Å². The Bertz CT molecular complexity index is 226. The molecule has 0 aromatic heterocycles. The first-order valence-corrected chi connectivity index (χ1v) is 6.67. The second-order valence-corrected chi connectivity index (χ2v) is 5.91. The van der Waals surface area contributed by atoms with Crippen molar-refractivity contribution in [3.05, 3.63) is 0 Å². The van der Waals surface area contributed by atoms with Gasteiger partial charge in [0.05, 0.1) is 17.6 Å². The van der Waals surface area contributed by atoms with Crippen LogP contribution in [0.4, 0.5) is 0 Å². The molecule has 0 rings (SSSR count). The molecule has 0 aliphatic rings. The van der Waals surface area contributed by atoms with Crippen molar-refractivity contribution in [2.45, 2.75) is 25.5 Å². The summed E-state index contributed by atoms with van der Waals surface area (Å²) in [5.74, 6) is 0.278. The maximum Gasteiger partial charge on any atom is 0.154 e. The van der Waals surface area contributed by atoms with Crippen LogP contribution in [0.25, 0.3) is 0 Å². The molecule has 1 N–H and O–H groups in total. The topological polar surface area (TPSA) is 55.4 Å². The zero-order valence-electron chi connectivity index (χ0n) is 9.25. The number of sulfone groups is 1. The lowest BCUT2D eigenvalue weighted by molar-refractivity contribution is 0.199. The van der Waals surface area contributed by atoms with Crippen molar-refractivity contribution in [2.24, 2.45) is 0 Å². The fourth-order valence-electron chi connectivity index (χ4n) is 1.09. The summed E-state index contributed by atoms with van der Waals surface area (Å²) in [4.78, 5) is 0. The van der Waals surface area contributed by atoms with Crippen molar-refractivity contribution in [3.8, 4) is 0 Å². The highest BCUT2D eigenvalue weighted by Gasteiger charge is 2.18. The Morgan fingerprint density at radius 3 is 2.57 bits per heavy atom. The first-order valence-electron chi connectivity index (χ1n) is 4.95. The van der Waals surface area contributed by atoms with Crippen LogP contribution >= 0.6 is 0 Å². The molecule has 0 bridgehead atoms. The fraction of sp³-hybridized carbons (Fsp3) is 1.00. The number of nitrogens with one attached hydrogen (secondary N) is 1. The van der Waals surface area contributed by atoms with Crippen molar-refractivity contribution < 1.29 is 13.2 Å². The van der Waals surface area contributed by atoms with Gasteiger partial charge in [-0.1, -0.05) is 6.92 Å². The lowest BCUT2D eigenvalue weighted by Crippen LogP contribution is -2.34. The zero-order valence-corrected chi connectivity index (χ0v) is 10.1. The van der Waals surface area contributed by atoms with Gasteiger partial charge in [0.15, 0.2) is 9.84 Å². The van der Waals surface area contributed by atoms with E-state index in [1.807, 2.05) is 6.92 Å². The van der Waals surface area contributed by atoms with E-state index in [1.165, 1.54) is 0 Å². The minimum atomic E-state index is -2.90. The Hall–Kier alpha value is -0.130. The summed E-state index contributed by atoms with van der Waals surface area (Å²) in [6.45, 7) is 5.43. The van der Waals surface area contributed by atoms with E-state index in [2.05, 4.69) is 5.32 Å². The average molecular weight is 223 g/mol. The van der Waals surface area contributed by atoms with Crippen LogP contribution in [0.15, 0.2) is 0 Å². The molecule has 1 atom stereocenters. The van der Waals surface area contributed by atoms with Gasteiger partial charge in [0.1, 0.15) is 0 Å². The van der Waals surface area contributed by atoms with Gasteiger partial charge in [-0.25, -0.2) is 8.42 Å². The Morgan fingerprint density at radius 2 is 2.07 bits per heavy atom. The monoisotopic (exact) mass is 223 g/mol. The first-order chi connectivity index (χ1) is 6.54. The maximum absolute atomic E-state index is 11.5. The van der Waals surface area contributed by atoms with Gasteiger partial charge in [0.25, 0.3) is 0 Å². The molecule has 4 nitrogen and oxygen atoms in total. The highest BCUT2D eigenvalue weighted by Crippen LogP contribution is 2.02. The molecule has 0 saturated heterocycles. The van der Waals surface area contributed by atoms with Gasteiger partial charge >= 0.3 is 0 Å². The van der Waals surface area contributed by atoms with Gasteiger partial charge in [-0.05, 0) is 13.3 Å². The third-order valence-corrected chi connectivity index (χ3v) is 4.39. The van der Waals surface area contributed by atoms with Crippen LogP contribution in [0.2, 0.25) is 0 Å². The molecular formula is C9H21NO3S. The highest BCUT2D eigenvalue weighted by molar-refractivity contribution is 7.92. The molecule has 0 amide bonds. The summed E-state index contributed by atoms with van der Waals surface area (Å²) in [6, 6.07) is 0. The van der Waals surface area contributed by atoms with Crippen LogP contribution in [0.1, 0.15) is 20.3 Å². The third kappa shape index (κ3) is 5.57. The van der Waals surface area contributed by atoms with E-state index >= 15 is 0 Å². The second-order valence-electron chi connectivity index (χ2n) is 3.37. The number of rotatable bonds is 8. The van der Waals surface area contributed by atoms with Crippen LogP contribution in [0.3, 0.4) is 0 Å². The molecule has 0 aromatic rings. The van der Waals surface area contributed by atoms with E-state index in [-0.39, 0.29) is 11.0 Å². The van der Waals surface area contributed by atoms with E-state index in [4.69, 9.17) is 4.74 Å². The van der Waals surface area contributed by atoms with Crippen molar-refractivity contribution in [1.29, 1.82) is 0 Å². The van der Waals surface area contributed by atoms with E-state index in [1.54, 1.807) is 14.0 Å². The molecule has 0 saturated carbocycles. The summed E-state index contributed by atoms with van der Waals surface area (Å²) in [5.41, 5.74) is 0. The molecule has 0 aromatic carbocycles. The summed E-state index contributed by atoms with van der Waals surface area (Å²) in [5, 5.41) is 2.74. The van der Waals surface area contributed by atoms with Crippen molar-refractivity contribution >= 4 is 9.84 Å². The smallest absolute Gasteiger partial charge is 0.154 e. The third-order valence-electron chi connectivity index (χ3n) is 2.02. The molecule has 0 heterocycles. The number of methoxy groups -OCH3 is 1. The molecular weight excluding hydrogens is 202 g/mol.